The zero-order valence-electron chi connectivity index (χ0n) is 11.1. The van der Waals surface area contributed by atoms with Gasteiger partial charge in [0.15, 0.2) is 5.82 Å². The average Bonchev–Trinajstić information content (AvgIpc) is 3.01. The third-order valence-corrected chi connectivity index (χ3v) is 4.27. The van der Waals surface area contributed by atoms with Gasteiger partial charge in [0.2, 0.25) is 5.89 Å². The number of benzene rings is 1. The van der Waals surface area contributed by atoms with Crippen molar-refractivity contribution in [2.75, 3.05) is 13.1 Å². The van der Waals surface area contributed by atoms with Crippen molar-refractivity contribution in [2.45, 2.75) is 19.3 Å². The van der Waals surface area contributed by atoms with Crippen molar-refractivity contribution in [1.82, 2.24) is 15.5 Å². The fourth-order valence-electron chi connectivity index (χ4n) is 2.47. The first-order valence-corrected chi connectivity index (χ1v) is 7.36. The van der Waals surface area contributed by atoms with E-state index in [1.165, 1.54) is 0 Å². The lowest BCUT2D eigenvalue weighted by Gasteiger charge is -2.07. The minimum atomic E-state index is 0.303. The molecule has 0 spiro atoms. The van der Waals surface area contributed by atoms with Crippen molar-refractivity contribution in [3.8, 4) is 0 Å². The van der Waals surface area contributed by atoms with Gasteiger partial charge in [-0.2, -0.15) is 4.98 Å². The SMILES string of the molecule is CC1CNCC1c1nc(Cc2ccc(Cl)cc2Cl)no1. The van der Waals surface area contributed by atoms with E-state index in [9.17, 15) is 0 Å². The number of hydrogen-bond donors (Lipinski definition) is 1. The normalized spacial score (nSPS) is 22.4. The van der Waals surface area contributed by atoms with Crippen LogP contribution in [0.1, 0.15) is 30.1 Å². The molecule has 3 rings (SSSR count). The summed E-state index contributed by atoms with van der Waals surface area (Å²) in [6.45, 7) is 4.07. The molecule has 0 aliphatic carbocycles. The Hall–Kier alpha value is -1.10. The monoisotopic (exact) mass is 311 g/mol. The van der Waals surface area contributed by atoms with Crippen LogP contribution in [-0.2, 0) is 6.42 Å². The Labute approximate surface area is 127 Å². The first-order valence-electron chi connectivity index (χ1n) is 6.60. The lowest BCUT2D eigenvalue weighted by Crippen LogP contribution is -2.08. The molecule has 0 radical (unpaired) electrons. The second-order valence-electron chi connectivity index (χ2n) is 5.20. The molecule has 0 amide bonds. The maximum atomic E-state index is 6.16. The van der Waals surface area contributed by atoms with Gasteiger partial charge in [0.25, 0.3) is 0 Å². The second kappa shape index (κ2) is 5.72. The molecule has 1 fully saturated rings. The average molecular weight is 312 g/mol. The molecule has 4 nitrogen and oxygen atoms in total. The molecule has 1 saturated heterocycles. The van der Waals surface area contributed by atoms with Gasteiger partial charge < -0.3 is 9.84 Å². The van der Waals surface area contributed by atoms with E-state index in [-0.39, 0.29) is 0 Å². The Morgan fingerprint density at radius 3 is 2.90 bits per heavy atom. The standard InChI is InChI=1S/C14H15Cl2N3O/c1-8-6-17-7-11(8)14-18-13(19-20-14)4-9-2-3-10(15)5-12(9)16/h2-3,5,8,11,17H,4,6-7H2,1H3. The van der Waals surface area contributed by atoms with Crippen molar-refractivity contribution >= 4 is 23.2 Å². The second-order valence-corrected chi connectivity index (χ2v) is 6.05. The Bertz CT molecular complexity index is 614. The number of nitrogens with zero attached hydrogens (tertiary/aromatic N) is 2. The van der Waals surface area contributed by atoms with Gasteiger partial charge in [0, 0.05) is 23.0 Å². The molecule has 1 aromatic carbocycles. The Kier molecular flexibility index (Phi) is 3.96. The molecule has 106 valence electrons. The van der Waals surface area contributed by atoms with Crippen molar-refractivity contribution < 1.29 is 4.52 Å². The third-order valence-electron chi connectivity index (χ3n) is 3.68. The molecule has 6 heteroatoms. The lowest BCUT2D eigenvalue weighted by molar-refractivity contribution is 0.337. The third kappa shape index (κ3) is 2.82. The van der Waals surface area contributed by atoms with Crippen LogP contribution in [0.4, 0.5) is 0 Å². The smallest absolute Gasteiger partial charge is 0.231 e. The summed E-state index contributed by atoms with van der Waals surface area (Å²) < 4.78 is 5.38. The predicted molar refractivity (Wildman–Crippen MR) is 78.3 cm³/mol. The molecule has 1 aromatic heterocycles. The molecule has 2 atom stereocenters. The number of aromatic nitrogens is 2. The van der Waals surface area contributed by atoms with Gasteiger partial charge in [-0.3, -0.25) is 0 Å². The summed E-state index contributed by atoms with van der Waals surface area (Å²) in [5.41, 5.74) is 0.945. The van der Waals surface area contributed by atoms with Crippen molar-refractivity contribution in [3.63, 3.8) is 0 Å². The topological polar surface area (TPSA) is 51.0 Å². The molecular weight excluding hydrogens is 297 g/mol. The first kappa shape index (κ1) is 13.9. The van der Waals surface area contributed by atoms with Crippen molar-refractivity contribution in [2.24, 2.45) is 5.92 Å². The van der Waals surface area contributed by atoms with Crippen LogP contribution in [0.3, 0.4) is 0 Å². The van der Waals surface area contributed by atoms with Gasteiger partial charge in [0.1, 0.15) is 0 Å². The van der Waals surface area contributed by atoms with Crippen LogP contribution < -0.4 is 5.32 Å². The van der Waals surface area contributed by atoms with Gasteiger partial charge in [-0.25, -0.2) is 0 Å². The molecule has 2 heterocycles. The van der Waals surface area contributed by atoms with Crippen LogP contribution in [-0.4, -0.2) is 23.2 Å². The zero-order chi connectivity index (χ0) is 14.1. The molecular formula is C14H15Cl2N3O. The fraction of sp³-hybridized carbons (Fsp3) is 0.429. The zero-order valence-corrected chi connectivity index (χ0v) is 12.6. The highest BCUT2D eigenvalue weighted by Crippen LogP contribution is 2.27. The van der Waals surface area contributed by atoms with Gasteiger partial charge in [0.05, 0.1) is 5.92 Å². The summed E-state index contributed by atoms with van der Waals surface area (Å²) in [6.07, 6.45) is 0.550. The largest absolute Gasteiger partial charge is 0.339 e. The fourth-order valence-corrected chi connectivity index (χ4v) is 2.94. The maximum absolute atomic E-state index is 6.16. The van der Waals surface area contributed by atoms with E-state index >= 15 is 0 Å². The highest BCUT2D eigenvalue weighted by atomic mass is 35.5. The van der Waals surface area contributed by atoms with E-state index in [2.05, 4.69) is 22.4 Å². The summed E-state index contributed by atoms with van der Waals surface area (Å²) in [5, 5.41) is 8.63. The van der Waals surface area contributed by atoms with Crippen LogP contribution in [0, 0.1) is 5.92 Å². The van der Waals surface area contributed by atoms with Crippen LogP contribution in [0.5, 0.6) is 0 Å². The van der Waals surface area contributed by atoms with Crippen molar-refractivity contribution in [3.05, 3.63) is 45.5 Å². The van der Waals surface area contributed by atoms with Crippen LogP contribution in [0.2, 0.25) is 10.0 Å². The number of halogens is 2. The highest BCUT2D eigenvalue weighted by molar-refractivity contribution is 6.35. The summed E-state index contributed by atoms with van der Waals surface area (Å²) in [6, 6.07) is 5.43. The quantitative estimate of drug-likeness (QED) is 0.945. The Balaban J connectivity index is 1.77. The minimum Gasteiger partial charge on any atom is -0.339 e. The van der Waals surface area contributed by atoms with E-state index in [4.69, 9.17) is 27.7 Å². The van der Waals surface area contributed by atoms with Crippen LogP contribution in [0.25, 0.3) is 0 Å². The molecule has 1 aliphatic heterocycles. The van der Waals surface area contributed by atoms with Gasteiger partial charge in [-0.1, -0.05) is 41.3 Å². The van der Waals surface area contributed by atoms with E-state index < -0.39 is 0 Å². The highest BCUT2D eigenvalue weighted by Gasteiger charge is 2.29. The Morgan fingerprint density at radius 2 is 2.20 bits per heavy atom. The molecule has 0 bridgehead atoms. The number of rotatable bonds is 3. The minimum absolute atomic E-state index is 0.303. The van der Waals surface area contributed by atoms with E-state index in [0.717, 1.165) is 18.7 Å². The molecule has 20 heavy (non-hydrogen) atoms. The molecule has 0 saturated carbocycles. The van der Waals surface area contributed by atoms with Gasteiger partial charge in [-0.05, 0) is 30.2 Å². The lowest BCUT2D eigenvalue weighted by atomic mass is 9.98. The molecule has 2 aromatic rings. The molecule has 1 N–H and O–H groups in total. The van der Waals surface area contributed by atoms with Crippen molar-refractivity contribution in [1.29, 1.82) is 0 Å². The van der Waals surface area contributed by atoms with E-state index in [0.29, 0.717) is 40.0 Å². The van der Waals surface area contributed by atoms with Gasteiger partial charge >= 0.3 is 0 Å². The number of hydrogen-bond acceptors (Lipinski definition) is 4. The first-order chi connectivity index (χ1) is 9.63. The summed E-state index contributed by atoms with van der Waals surface area (Å²) in [7, 11) is 0. The predicted octanol–water partition coefficient (Wildman–Crippen LogP) is 3.29. The van der Waals surface area contributed by atoms with Crippen LogP contribution >= 0.6 is 23.2 Å². The van der Waals surface area contributed by atoms with E-state index in [1.54, 1.807) is 6.07 Å². The maximum Gasteiger partial charge on any atom is 0.231 e. The van der Waals surface area contributed by atoms with Crippen LogP contribution in [0.15, 0.2) is 22.7 Å². The molecule has 1 aliphatic rings. The Morgan fingerprint density at radius 1 is 1.35 bits per heavy atom. The van der Waals surface area contributed by atoms with Gasteiger partial charge in [-0.15, -0.1) is 0 Å². The summed E-state index contributed by atoms with van der Waals surface area (Å²) in [5.74, 6) is 2.19. The summed E-state index contributed by atoms with van der Waals surface area (Å²) >= 11 is 12.0. The van der Waals surface area contributed by atoms with E-state index in [1.807, 2.05) is 12.1 Å². The number of nitrogens with one attached hydrogen (secondary N) is 1. The molecule has 2 unspecified atom stereocenters. The summed E-state index contributed by atoms with van der Waals surface area (Å²) in [4.78, 5) is 4.49.